The summed E-state index contributed by atoms with van der Waals surface area (Å²) in [7, 11) is 0. The van der Waals surface area contributed by atoms with Gasteiger partial charge < -0.3 is 10.6 Å². The van der Waals surface area contributed by atoms with E-state index in [9.17, 15) is 18.0 Å². The molecule has 7 heteroatoms. The summed E-state index contributed by atoms with van der Waals surface area (Å²) in [4.78, 5) is 11.1. The van der Waals surface area contributed by atoms with Gasteiger partial charge in [-0.05, 0) is 25.5 Å². The normalized spacial score (nSPS) is 25.5. The van der Waals surface area contributed by atoms with Crippen molar-refractivity contribution in [1.82, 2.24) is 10.6 Å². The van der Waals surface area contributed by atoms with Crippen molar-refractivity contribution in [3.05, 3.63) is 0 Å². The Morgan fingerprint density at radius 2 is 2.12 bits per heavy atom. The predicted molar refractivity (Wildman–Crippen MR) is 57.6 cm³/mol. The van der Waals surface area contributed by atoms with Crippen molar-refractivity contribution in [2.75, 3.05) is 18.8 Å². The first-order chi connectivity index (χ1) is 7.31. The van der Waals surface area contributed by atoms with Crippen LogP contribution in [0.4, 0.5) is 18.0 Å². The van der Waals surface area contributed by atoms with Gasteiger partial charge in [0.1, 0.15) is 6.54 Å². The number of halogens is 3. The second kappa shape index (κ2) is 5.16. The second-order valence-electron chi connectivity index (χ2n) is 4.05. The second-order valence-corrected chi connectivity index (χ2v) is 5.74. The van der Waals surface area contributed by atoms with Crippen LogP contribution in [0.2, 0.25) is 0 Å². The quantitative estimate of drug-likeness (QED) is 0.812. The minimum atomic E-state index is -4.36. The van der Waals surface area contributed by atoms with Gasteiger partial charge in [-0.1, -0.05) is 0 Å². The van der Waals surface area contributed by atoms with Crippen molar-refractivity contribution in [2.24, 2.45) is 0 Å². The maximum Gasteiger partial charge on any atom is 0.405 e. The Labute approximate surface area is 96.5 Å². The van der Waals surface area contributed by atoms with Gasteiger partial charge in [-0.3, -0.25) is 0 Å². The first-order valence-electron chi connectivity index (χ1n) is 5.03. The maximum absolute atomic E-state index is 11.8. The van der Waals surface area contributed by atoms with Crippen molar-refractivity contribution >= 4 is 17.8 Å². The summed E-state index contributed by atoms with van der Waals surface area (Å²) in [6.07, 6.45) is -2.28. The lowest BCUT2D eigenvalue weighted by Crippen LogP contribution is -2.45. The van der Waals surface area contributed by atoms with Gasteiger partial charge >= 0.3 is 12.2 Å². The number of alkyl halides is 3. The summed E-state index contributed by atoms with van der Waals surface area (Å²) in [5, 5.41) is 4.25. The van der Waals surface area contributed by atoms with E-state index >= 15 is 0 Å². The van der Waals surface area contributed by atoms with E-state index in [0.29, 0.717) is 6.54 Å². The highest BCUT2D eigenvalue weighted by Crippen LogP contribution is 2.36. The Balaban J connectivity index is 2.20. The average molecular weight is 256 g/mol. The Morgan fingerprint density at radius 3 is 2.62 bits per heavy atom. The van der Waals surface area contributed by atoms with Crippen LogP contribution in [0, 0.1) is 0 Å². The summed E-state index contributed by atoms with van der Waals surface area (Å²) in [6, 6.07) is -0.758. The highest BCUT2D eigenvalue weighted by atomic mass is 32.2. The third-order valence-electron chi connectivity index (χ3n) is 2.37. The lowest BCUT2D eigenvalue weighted by atomic mass is 10.1. The van der Waals surface area contributed by atoms with Crippen molar-refractivity contribution in [3.8, 4) is 0 Å². The van der Waals surface area contributed by atoms with Crippen molar-refractivity contribution in [2.45, 2.75) is 30.7 Å². The number of rotatable bonds is 3. The van der Waals surface area contributed by atoms with Crippen molar-refractivity contribution < 1.29 is 18.0 Å². The van der Waals surface area contributed by atoms with Gasteiger partial charge in [-0.15, -0.1) is 0 Å². The number of carbonyl (C=O) groups excluding carboxylic acids is 1. The Morgan fingerprint density at radius 1 is 1.44 bits per heavy atom. The fourth-order valence-corrected chi connectivity index (χ4v) is 2.73. The molecule has 1 saturated heterocycles. The largest absolute Gasteiger partial charge is 0.405 e. The first-order valence-corrected chi connectivity index (χ1v) is 6.02. The molecule has 0 radical (unpaired) electrons. The summed E-state index contributed by atoms with van der Waals surface area (Å²) in [6.45, 7) is 1.12. The molecule has 0 spiro atoms. The van der Waals surface area contributed by atoms with Crippen LogP contribution in [0.5, 0.6) is 0 Å². The molecule has 1 fully saturated rings. The lowest BCUT2D eigenvalue weighted by molar-refractivity contribution is -0.122. The molecule has 94 valence electrons. The number of carbonyl (C=O) groups is 1. The third-order valence-corrected chi connectivity index (χ3v) is 3.91. The number of amides is 2. The molecule has 0 aliphatic carbocycles. The molecule has 3 nitrogen and oxygen atoms in total. The summed E-state index contributed by atoms with van der Waals surface area (Å²) in [5.41, 5.74) is 0. The molecule has 1 aliphatic rings. The molecule has 1 atom stereocenters. The molecule has 0 bridgehead atoms. The SMILES string of the molecule is CC1(CNC(=O)NCC(F)(F)F)CCCS1. The Kier molecular flexibility index (Phi) is 4.35. The molecule has 2 N–H and O–H groups in total. The Bertz CT molecular complexity index is 252. The zero-order chi connectivity index (χ0) is 12.2. The fourth-order valence-electron chi connectivity index (χ4n) is 1.49. The van der Waals surface area contributed by atoms with Gasteiger partial charge in [0.25, 0.3) is 0 Å². The minimum Gasteiger partial charge on any atom is -0.337 e. The van der Waals surface area contributed by atoms with Crippen LogP contribution in [-0.2, 0) is 0 Å². The molecule has 0 saturated carbocycles. The number of urea groups is 1. The average Bonchev–Trinajstić information content (AvgIpc) is 2.59. The lowest BCUT2D eigenvalue weighted by Gasteiger charge is -2.23. The third kappa shape index (κ3) is 4.96. The van der Waals surface area contributed by atoms with Crippen LogP contribution in [0.25, 0.3) is 0 Å². The fraction of sp³-hybridized carbons (Fsp3) is 0.889. The zero-order valence-electron chi connectivity index (χ0n) is 8.99. The van der Waals surface area contributed by atoms with Crippen LogP contribution in [0.15, 0.2) is 0 Å². The van der Waals surface area contributed by atoms with Gasteiger partial charge in [-0.25, -0.2) is 4.79 Å². The van der Waals surface area contributed by atoms with Crippen molar-refractivity contribution in [1.29, 1.82) is 0 Å². The first kappa shape index (κ1) is 13.5. The molecule has 1 heterocycles. The predicted octanol–water partition coefficient (Wildman–Crippen LogP) is 2.13. The van der Waals surface area contributed by atoms with Crippen LogP contribution in [0.1, 0.15) is 19.8 Å². The molecular weight excluding hydrogens is 241 g/mol. The van der Waals surface area contributed by atoms with Crippen LogP contribution < -0.4 is 10.6 Å². The van der Waals surface area contributed by atoms with E-state index in [2.05, 4.69) is 5.32 Å². The summed E-state index contributed by atoms with van der Waals surface area (Å²) < 4.78 is 35.3. The van der Waals surface area contributed by atoms with Gasteiger partial charge in [0.2, 0.25) is 0 Å². The number of hydrogen-bond acceptors (Lipinski definition) is 2. The summed E-state index contributed by atoms with van der Waals surface area (Å²) >= 11 is 1.75. The van der Waals surface area contributed by atoms with E-state index in [0.717, 1.165) is 18.6 Å². The van der Waals surface area contributed by atoms with Gasteiger partial charge in [0, 0.05) is 11.3 Å². The molecule has 0 aromatic rings. The molecule has 0 aromatic heterocycles. The minimum absolute atomic E-state index is 0.0322. The van der Waals surface area contributed by atoms with E-state index < -0.39 is 18.8 Å². The Hall–Kier alpha value is -0.590. The smallest absolute Gasteiger partial charge is 0.337 e. The molecule has 1 rings (SSSR count). The van der Waals surface area contributed by atoms with E-state index in [1.807, 2.05) is 6.92 Å². The van der Waals surface area contributed by atoms with E-state index in [-0.39, 0.29) is 4.75 Å². The highest BCUT2D eigenvalue weighted by molar-refractivity contribution is 8.00. The van der Waals surface area contributed by atoms with Crippen molar-refractivity contribution in [3.63, 3.8) is 0 Å². The van der Waals surface area contributed by atoms with Crippen LogP contribution in [0.3, 0.4) is 0 Å². The molecule has 2 amide bonds. The van der Waals surface area contributed by atoms with Gasteiger partial charge in [0.15, 0.2) is 0 Å². The summed E-state index contributed by atoms with van der Waals surface area (Å²) in [5.74, 6) is 1.04. The van der Waals surface area contributed by atoms with E-state index in [1.165, 1.54) is 0 Å². The van der Waals surface area contributed by atoms with Crippen LogP contribution in [-0.4, -0.2) is 35.8 Å². The van der Waals surface area contributed by atoms with Crippen LogP contribution >= 0.6 is 11.8 Å². The molecule has 1 aliphatic heterocycles. The molecule has 1 unspecified atom stereocenters. The molecule has 16 heavy (non-hydrogen) atoms. The van der Waals surface area contributed by atoms with Gasteiger partial charge in [-0.2, -0.15) is 24.9 Å². The molecule has 0 aromatic carbocycles. The molecular formula is C9H15F3N2OS. The number of hydrogen-bond donors (Lipinski definition) is 2. The number of thioether (sulfide) groups is 1. The topological polar surface area (TPSA) is 41.1 Å². The zero-order valence-corrected chi connectivity index (χ0v) is 9.80. The number of nitrogens with one attached hydrogen (secondary N) is 2. The monoisotopic (exact) mass is 256 g/mol. The van der Waals surface area contributed by atoms with Gasteiger partial charge in [0.05, 0.1) is 0 Å². The maximum atomic E-state index is 11.8. The van der Waals surface area contributed by atoms with E-state index in [1.54, 1.807) is 17.1 Å². The van der Waals surface area contributed by atoms with E-state index in [4.69, 9.17) is 0 Å². The highest BCUT2D eigenvalue weighted by Gasteiger charge is 2.31. The standard InChI is InChI=1S/C9H15F3N2OS/c1-8(3-2-4-16-8)5-13-7(15)14-6-9(10,11)12/h2-6H2,1H3,(H2,13,14,15).